The van der Waals surface area contributed by atoms with E-state index in [9.17, 15) is 13.0 Å². The van der Waals surface area contributed by atoms with Gasteiger partial charge in [-0.1, -0.05) is 110 Å². The van der Waals surface area contributed by atoms with E-state index in [0.29, 0.717) is 8.23 Å². The number of benzene rings is 3. The minimum absolute atomic E-state index is 0.146. The second-order valence-electron chi connectivity index (χ2n) is 8.79. The summed E-state index contributed by atoms with van der Waals surface area (Å²) in [6, 6.07) is 28.3. The maximum atomic E-state index is 11.4. The van der Waals surface area contributed by atoms with E-state index in [-0.39, 0.29) is 4.91 Å². The second-order valence-corrected chi connectivity index (χ2v) is 13.2. The third-order valence-electron chi connectivity index (χ3n) is 3.68. The van der Waals surface area contributed by atoms with Gasteiger partial charge in [-0.2, -0.15) is 8.42 Å². The molecule has 0 amide bonds. The molecule has 0 saturated heterocycles. The standard InChI is InChI=1S/C16H14O3S.C8H8.C4H9.Na/c17-20(18,19)16(13-15-9-5-2-6-10-15)12-11-14-7-3-1-4-8-14;1-2-8-6-4-3-5-7-8;1-4(2)3;/h1-13H,(H,17,18,19);2-7H,1H2;1-3H3;. The van der Waals surface area contributed by atoms with Crippen LogP contribution in [0.2, 0.25) is 2.66 Å². The van der Waals surface area contributed by atoms with Crippen molar-refractivity contribution in [2.24, 2.45) is 0 Å². The molecule has 0 aliphatic rings. The minimum Gasteiger partial charge on any atom is -0.282 e. The normalized spacial score (nSPS) is 11.6. The van der Waals surface area contributed by atoms with E-state index in [1.165, 1.54) is 45.6 Å². The summed E-state index contributed by atoms with van der Waals surface area (Å²) in [6.07, 6.45) is 6.29. The van der Waals surface area contributed by atoms with E-state index >= 15 is 0 Å². The first-order valence-electron chi connectivity index (χ1n) is 10.6. The second kappa shape index (κ2) is 14.8. The van der Waals surface area contributed by atoms with Crippen molar-refractivity contribution in [3.63, 3.8) is 0 Å². The van der Waals surface area contributed by atoms with Crippen molar-refractivity contribution in [1.29, 1.82) is 0 Å². The average Bonchev–Trinajstić information content (AvgIpc) is 2.77. The molecule has 0 bridgehead atoms. The molecule has 0 spiro atoms. The molecular weight excluding hydrogens is 439 g/mol. The molecule has 0 heterocycles. The summed E-state index contributed by atoms with van der Waals surface area (Å²) in [5.41, 5.74) is 2.74. The SMILES string of the molecule is C=Cc1ccccc1.C[C](C)(C)[Na].O=S(=O)(O)C(C=Cc1ccccc1)=Cc1ccccc1. The molecule has 3 nitrogen and oxygen atoms in total. The molecule has 33 heavy (non-hydrogen) atoms. The van der Waals surface area contributed by atoms with Crippen LogP contribution >= 0.6 is 0 Å². The molecule has 0 aliphatic heterocycles. The predicted octanol–water partition coefficient (Wildman–Crippen LogP) is 7.33. The van der Waals surface area contributed by atoms with Crippen LogP contribution < -0.4 is 0 Å². The topological polar surface area (TPSA) is 54.4 Å². The van der Waals surface area contributed by atoms with Gasteiger partial charge < -0.3 is 0 Å². The smallest absolute Gasteiger partial charge is 0.282 e. The van der Waals surface area contributed by atoms with E-state index in [1.54, 1.807) is 30.3 Å². The van der Waals surface area contributed by atoms with Crippen molar-refractivity contribution >= 4 is 56.3 Å². The number of hydrogen-bond acceptors (Lipinski definition) is 2. The first-order valence-corrected chi connectivity index (χ1v) is 13.1. The van der Waals surface area contributed by atoms with Crippen LogP contribution in [0.1, 0.15) is 37.5 Å². The van der Waals surface area contributed by atoms with Gasteiger partial charge in [-0.3, -0.25) is 4.55 Å². The Bertz CT molecular complexity index is 1110. The Morgan fingerprint density at radius 3 is 1.48 bits per heavy atom. The fourth-order valence-electron chi connectivity index (χ4n) is 2.25. The van der Waals surface area contributed by atoms with Gasteiger partial charge >= 0.3 is 51.4 Å². The maximum absolute atomic E-state index is 11.4. The van der Waals surface area contributed by atoms with Crippen molar-refractivity contribution in [3.05, 3.63) is 125 Å². The Morgan fingerprint density at radius 1 is 0.788 bits per heavy atom. The molecule has 5 heteroatoms. The van der Waals surface area contributed by atoms with Crippen molar-refractivity contribution < 1.29 is 13.0 Å². The first kappa shape index (κ1) is 28.8. The molecule has 0 aliphatic carbocycles. The molecule has 1 N–H and O–H groups in total. The van der Waals surface area contributed by atoms with Crippen LogP contribution in [0.15, 0.2) is 109 Å². The minimum atomic E-state index is -4.26. The van der Waals surface area contributed by atoms with Gasteiger partial charge in [0.2, 0.25) is 0 Å². The van der Waals surface area contributed by atoms with Gasteiger partial charge in [0.25, 0.3) is 10.1 Å². The monoisotopic (exact) mass is 470 g/mol. The molecule has 0 saturated carbocycles. The van der Waals surface area contributed by atoms with Gasteiger partial charge in [0.15, 0.2) is 0 Å². The van der Waals surface area contributed by atoms with Crippen molar-refractivity contribution in [2.45, 2.75) is 23.4 Å². The van der Waals surface area contributed by atoms with Gasteiger partial charge in [-0.05, 0) is 28.8 Å². The Hall–Kier alpha value is -2.21. The summed E-state index contributed by atoms with van der Waals surface area (Å²) in [5.74, 6) is 0. The van der Waals surface area contributed by atoms with E-state index < -0.39 is 10.1 Å². The Labute approximate surface area is 216 Å². The largest absolute Gasteiger partial charge is 0.294 e. The first-order chi connectivity index (χ1) is 15.5. The Morgan fingerprint density at radius 2 is 1.15 bits per heavy atom. The average molecular weight is 471 g/mol. The van der Waals surface area contributed by atoms with E-state index in [0.717, 1.165) is 5.56 Å². The summed E-state index contributed by atoms with van der Waals surface area (Å²) in [5, 5.41) is 0. The summed E-state index contributed by atoms with van der Waals surface area (Å²) >= 11 is 1.31. The van der Waals surface area contributed by atoms with E-state index in [1.807, 2.05) is 72.8 Å². The van der Waals surface area contributed by atoms with E-state index in [2.05, 4.69) is 27.4 Å². The summed E-state index contributed by atoms with van der Waals surface area (Å²) in [6.45, 7) is 10.4. The molecule has 0 radical (unpaired) electrons. The van der Waals surface area contributed by atoms with Crippen molar-refractivity contribution in [1.82, 2.24) is 0 Å². The third kappa shape index (κ3) is 15.3. The fourth-order valence-corrected chi connectivity index (χ4v) is 2.78. The molecule has 3 aromatic rings. The van der Waals surface area contributed by atoms with Crippen molar-refractivity contribution in [3.8, 4) is 0 Å². The zero-order valence-corrected chi connectivity index (χ0v) is 22.7. The Kier molecular flexibility index (Phi) is 13.0. The zero-order chi connectivity index (χ0) is 24.7. The van der Waals surface area contributed by atoms with Crippen molar-refractivity contribution in [2.75, 3.05) is 0 Å². The molecule has 3 aromatic carbocycles. The van der Waals surface area contributed by atoms with Crippen LogP contribution in [0.4, 0.5) is 0 Å². The van der Waals surface area contributed by atoms with Gasteiger partial charge in [0, 0.05) is 0 Å². The zero-order valence-electron chi connectivity index (χ0n) is 19.8. The summed E-state index contributed by atoms with van der Waals surface area (Å²) in [7, 11) is -4.26. The summed E-state index contributed by atoms with van der Waals surface area (Å²) < 4.78 is 32.7. The van der Waals surface area contributed by atoms with Gasteiger partial charge in [0.05, 0.1) is 4.91 Å². The fraction of sp³-hybridized carbons (Fsp3) is 0.143. The molecular formula is C28H31NaO3S. The van der Waals surface area contributed by atoms with Crippen LogP contribution in [0.5, 0.6) is 0 Å². The molecule has 168 valence electrons. The predicted molar refractivity (Wildman–Crippen MR) is 143 cm³/mol. The van der Waals surface area contributed by atoms with Gasteiger partial charge in [-0.25, -0.2) is 0 Å². The molecule has 0 aromatic heterocycles. The summed E-state index contributed by atoms with van der Waals surface area (Å²) in [4.78, 5) is -0.146. The van der Waals surface area contributed by atoms with Crippen LogP contribution in [-0.4, -0.2) is 40.9 Å². The van der Waals surface area contributed by atoms with Crippen LogP contribution in [0.25, 0.3) is 18.2 Å². The molecule has 0 fully saturated rings. The van der Waals surface area contributed by atoms with Gasteiger partial charge in [0.1, 0.15) is 0 Å². The third-order valence-corrected chi connectivity index (χ3v) is 4.53. The maximum Gasteiger partial charge on any atom is 0.294 e. The number of rotatable bonds is 5. The number of hydrogen-bond donors (Lipinski definition) is 1. The van der Waals surface area contributed by atoms with Crippen LogP contribution in [0, 0.1) is 0 Å². The number of allylic oxidation sites excluding steroid dienone is 1. The van der Waals surface area contributed by atoms with Gasteiger partial charge in [-0.15, -0.1) is 0 Å². The molecule has 3 rings (SSSR count). The Balaban J connectivity index is 0.000000343. The molecule has 0 unspecified atom stereocenters. The van der Waals surface area contributed by atoms with Crippen LogP contribution in [0.3, 0.4) is 0 Å². The quantitative estimate of drug-likeness (QED) is 0.241. The van der Waals surface area contributed by atoms with Crippen LogP contribution in [-0.2, 0) is 10.1 Å². The molecule has 0 atom stereocenters. The van der Waals surface area contributed by atoms with E-state index in [4.69, 9.17) is 0 Å².